The molecule has 17 heavy (non-hydrogen) atoms. The van der Waals surface area contributed by atoms with Crippen LogP contribution < -0.4 is 0 Å². The number of aromatic nitrogens is 2. The minimum absolute atomic E-state index is 0.409. The van der Waals surface area contributed by atoms with E-state index in [0.717, 1.165) is 11.2 Å². The van der Waals surface area contributed by atoms with E-state index in [1.54, 1.807) is 24.0 Å². The molecule has 5 heteroatoms. The third-order valence-electron chi connectivity index (χ3n) is 2.03. The molecule has 0 atom stereocenters. The van der Waals surface area contributed by atoms with Crippen LogP contribution in [0, 0.1) is 0 Å². The van der Waals surface area contributed by atoms with Crippen molar-refractivity contribution in [2.75, 3.05) is 0 Å². The Morgan fingerprint density at radius 1 is 1.24 bits per heavy atom. The van der Waals surface area contributed by atoms with Gasteiger partial charge in [0, 0.05) is 16.1 Å². The lowest BCUT2D eigenvalue weighted by Crippen LogP contribution is -1.95. The van der Waals surface area contributed by atoms with Crippen LogP contribution in [-0.4, -0.2) is 16.3 Å². The van der Waals surface area contributed by atoms with E-state index in [2.05, 4.69) is 9.97 Å². The first-order valence-corrected chi connectivity index (χ1v) is 6.30. The summed E-state index contributed by atoms with van der Waals surface area (Å²) in [5.74, 6) is 1.28. The molecule has 1 heterocycles. The van der Waals surface area contributed by atoms with Gasteiger partial charge in [-0.1, -0.05) is 11.6 Å². The predicted octanol–water partition coefficient (Wildman–Crippen LogP) is 3.23. The van der Waals surface area contributed by atoms with Crippen molar-refractivity contribution in [2.24, 2.45) is 0 Å². The quantitative estimate of drug-likeness (QED) is 0.628. The minimum Gasteiger partial charge on any atom is -0.296 e. The highest BCUT2D eigenvalue weighted by molar-refractivity contribution is 7.98. The number of hydrogen-bond donors (Lipinski definition) is 0. The van der Waals surface area contributed by atoms with Gasteiger partial charge in [-0.15, -0.1) is 11.8 Å². The SMILES string of the molecule is O=Cc1ccnc(CSc2ccc(Cl)cc2)n1. The van der Waals surface area contributed by atoms with E-state index in [0.29, 0.717) is 22.3 Å². The first-order chi connectivity index (χ1) is 8.28. The number of carbonyl (C=O) groups excluding carboxylic acids is 1. The molecule has 0 unspecified atom stereocenters. The molecule has 2 aromatic rings. The van der Waals surface area contributed by atoms with Crippen LogP contribution in [-0.2, 0) is 5.75 Å². The standard InChI is InChI=1S/C12H9ClN2OS/c13-9-1-3-11(4-2-9)17-8-12-14-6-5-10(7-16)15-12/h1-7H,8H2. The average Bonchev–Trinajstić information content (AvgIpc) is 2.38. The van der Waals surface area contributed by atoms with E-state index in [9.17, 15) is 4.79 Å². The van der Waals surface area contributed by atoms with E-state index in [1.165, 1.54) is 0 Å². The molecule has 0 bridgehead atoms. The van der Waals surface area contributed by atoms with Crippen LogP contribution in [0.15, 0.2) is 41.4 Å². The van der Waals surface area contributed by atoms with Crippen molar-refractivity contribution >= 4 is 29.6 Å². The number of thioether (sulfide) groups is 1. The average molecular weight is 265 g/mol. The summed E-state index contributed by atoms with van der Waals surface area (Å²) in [5, 5.41) is 0.716. The zero-order valence-corrected chi connectivity index (χ0v) is 10.4. The fraction of sp³-hybridized carbons (Fsp3) is 0.0833. The van der Waals surface area contributed by atoms with Crippen LogP contribution in [0.1, 0.15) is 16.3 Å². The molecule has 0 N–H and O–H groups in total. The summed E-state index contributed by atoms with van der Waals surface area (Å²) in [4.78, 5) is 19.9. The van der Waals surface area contributed by atoms with E-state index in [-0.39, 0.29) is 0 Å². The predicted molar refractivity (Wildman–Crippen MR) is 68.4 cm³/mol. The highest BCUT2D eigenvalue weighted by Gasteiger charge is 2.00. The van der Waals surface area contributed by atoms with Crippen molar-refractivity contribution in [1.82, 2.24) is 9.97 Å². The summed E-state index contributed by atoms with van der Waals surface area (Å²) in [5.41, 5.74) is 0.409. The van der Waals surface area contributed by atoms with E-state index >= 15 is 0 Å². The summed E-state index contributed by atoms with van der Waals surface area (Å²) < 4.78 is 0. The first kappa shape index (κ1) is 12.1. The van der Waals surface area contributed by atoms with E-state index in [1.807, 2.05) is 24.3 Å². The fourth-order valence-electron chi connectivity index (χ4n) is 1.23. The molecule has 0 fully saturated rings. The Kier molecular flexibility index (Phi) is 4.12. The second kappa shape index (κ2) is 5.80. The second-order valence-corrected chi connectivity index (χ2v) is 4.74. The lowest BCUT2D eigenvalue weighted by atomic mass is 10.4. The molecule has 3 nitrogen and oxygen atoms in total. The van der Waals surface area contributed by atoms with Crippen molar-refractivity contribution < 1.29 is 4.79 Å². The Labute approximate surface area is 108 Å². The lowest BCUT2D eigenvalue weighted by molar-refractivity contribution is 0.111. The van der Waals surface area contributed by atoms with Crippen molar-refractivity contribution in [3.8, 4) is 0 Å². The number of aldehydes is 1. The Morgan fingerprint density at radius 3 is 2.71 bits per heavy atom. The molecule has 0 aliphatic carbocycles. The zero-order chi connectivity index (χ0) is 12.1. The van der Waals surface area contributed by atoms with Gasteiger partial charge in [0.25, 0.3) is 0 Å². The topological polar surface area (TPSA) is 42.9 Å². The van der Waals surface area contributed by atoms with Crippen LogP contribution in [0.4, 0.5) is 0 Å². The number of hydrogen-bond acceptors (Lipinski definition) is 4. The van der Waals surface area contributed by atoms with Crippen molar-refractivity contribution in [2.45, 2.75) is 10.6 Å². The maximum absolute atomic E-state index is 10.6. The minimum atomic E-state index is 0.409. The van der Waals surface area contributed by atoms with Gasteiger partial charge in [0.1, 0.15) is 11.5 Å². The Hall–Kier alpha value is -1.39. The number of carbonyl (C=O) groups is 1. The Morgan fingerprint density at radius 2 is 2.00 bits per heavy atom. The smallest absolute Gasteiger partial charge is 0.168 e. The van der Waals surface area contributed by atoms with Crippen LogP contribution >= 0.6 is 23.4 Å². The molecule has 0 radical (unpaired) electrons. The summed E-state index contributed by atoms with van der Waals surface area (Å²) in [6, 6.07) is 9.15. The molecule has 2 rings (SSSR count). The number of nitrogens with zero attached hydrogens (tertiary/aromatic N) is 2. The first-order valence-electron chi connectivity index (χ1n) is 4.93. The molecular weight excluding hydrogens is 256 g/mol. The van der Waals surface area contributed by atoms with Gasteiger partial charge in [-0.05, 0) is 30.3 Å². The largest absolute Gasteiger partial charge is 0.296 e. The van der Waals surface area contributed by atoms with E-state index in [4.69, 9.17) is 11.6 Å². The van der Waals surface area contributed by atoms with Crippen molar-refractivity contribution in [3.63, 3.8) is 0 Å². The molecule has 0 aliphatic rings. The fourth-order valence-corrected chi connectivity index (χ4v) is 2.12. The van der Waals surface area contributed by atoms with Crippen LogP contribution in [0.25, 0.3) is 0 Å². The molecule has 0 aliphatic heterocycles. The molecular formula is C12H9ClN2OS. The third-order valence-corrected chi connectivity index (χ3v) is 3.29. The van der Waals surface area contributed by atoms with Gasteiger partial charge in [-0.25, -0.2) is 9.97 Å². The van der Waals surface area contributed by atoms with Crippen molar-refractivity contribution in [3.05, 3.63) is 53.1 Å². The number of rotatable bonds is 4. The molecule has 0 spiro atoms. The second-order valence-electron chi connectivity index (χ2n) is 3.26. The summed E-state index contributed by atoms with van der Waals surface area (Å²) in [6.07, 6.45) is 2.31. The van der Waals surface area contributed by atoms with Crippen LogP contribution in [0.2, 0.25) is 5.02 Å². The summed E-state index contributed by atoms with van der Waals surface area (Å²) in [6.45, 7) is 0. The van der Waals surface area contributed by atoms with Gasteiger partial charge >= 0.3 is 0 Å². The Bertz CT molecular complexity index is 516. The van der Waals surface area contributed by atoms with Gasteiger partial charge in [0.05, 0.1) is 5.75 Å². The highest BCUT2D eigenvalue weighted by atomic mass is 35.5. The third kappa shape index (κ3) is 3.54. The normalized spacial score (nSPS) is 10.2. The lowest BCUT2D eigenvalue weighted by Gasteiger charge is -2.01. The van der Waals surface area contributed by atoms with Crippen LogP contribution in [0.3, 0.4) is 0 Å². The van der Waals surface area contributed by atoms with Gasteiger partial charge < -0.3 is 0 Å². The summed E-state index contributed by atoms with van der Waals surface area (Å²) >= 11 is 7.40. The van der Waals surface area contributed by atoms with Crippen LogP contribution in [0.5, 0.6) is 0 Å². The molecule has 0 amide bonds. The van der Waals surface area contributed by atoms with Gasteiger partial charge in [0.15, 0.2) is 6.29 Å². The number of halogens is 1. The highest BCUT2D eigenvalue weighted by Crippen LogP contribution is 2.22. The maximum atomic E-state index is 10.6. The van der Waals surface area contributed by atoms with Gasteiger partial charge in [0.2, 0.25) is 0 Å². The number of benzene rings is 1. The molecule has 0 saturated carbocycles. The zero-order valence-electron chi connectivity index (χ0n) is 8.84. The summed E-state index contributed by atoms with van der Waals surface area (Å²) in [7, 11) is 0. The van der Waals surface area contributed by atoms with Crippen molar-refractivity contribution in [1.29, 1.82) is 0 Å². The molecule has 1 aromatic carbocycles. The molecule has 86 valence electrons. The monoisotopic (exact) mass is 264 g/mol. The molecule has 0 saturated heterocycles. The molecule has 1 aromatic heterocycles. The van der Waals surface area contributed by atoms with Gasteiger partial charge in [-0.3, -0.25) is 4.79 Å². The van der Waals surface area contributed by atoms with E-state index < -0.39 is 0 Å². The maximum Gasteiger partial charge on any atom is 0.168 e. The van der Waals surface area contributed by atoms with Gasteiger partial charge in [-0.2, -0.15) is 0 Å². The Balaban J connectivity index is 2.01.